The van der Waals surface area contributed by atoms with Crippen molar-refractivity contribution in [1.82, 2.24) is 4.90 Å². The zero-order valence-corrected chi connectivity index (χ0v) is 17.6. The first kappa shape index (κ1) is 21.5. The molecular formula is C20H33NO6. The highest BCUT2D eigenvalue weighted by Gasteiger charge is 2.57. The number of carbonyl (C=O) groups is 3. The number of hydrogen-bond acceptors (Lipinski definition) is 6. The van der Waals surface area contributed by atoms with E-state index in [2.05, 4.69) is 0 Å². The zero-order valence-electron chi connectivity index (χ0n) is 17.6. The van der Waals surface area contributed by atoms with Crippen molar-refractivity contribution in [2.24, 2.45) is 5.92 Å². The van der Waals surface area contributed by atoms with Gasteiger partial charge in [-0.25, -0.2) is 4.79 Å². The lowest BCUT2D eigenvalue weighted by Crippen LogP contribution is -2.50. The smallest absolute Gasteiger partial charge is 0.411 e. The molecule has 2 heterocycles. The van der Waals surface area contributed by atoms with Gasteiger partial charge in [-0.05, 0) is 73.6 Å². The lowest BCUT2D eigenvalue weighted by molar-refractivity contribution is -0.169. The van der Waals surface area contributed by atoms with Crippen LogP contribution in [0.4, 0.5) is 4.79 Å². The molecule has 0 spiro atoms. The summed E-state index contributed by atoms with van der Waals surface area (Å²) >= 11 is 0. The van der Waals surface area contributed by atoms with Crippen molar-refractivity contribution >= 4 is 18.0 Å². The van der Waals surface area contributed by atoms with Gasteiger partial charge >= 0.3 is 18.0 Å². The van der Waals surface area contributed by atoms with Crippen LogP contribution in [0.5, 0.6) is 0 Å². The maximum atomic E-state index is 12.8. The fraction of sp³-hybridized carbons (Fsp3) is 0.850. The fourth-order valence-corrected chi connectivity index (χ4v) is 4.14. The molecule has 27 heavy (non-hydrogen) atoms. The Morgan fingerprint density at radius 1 is 0.963 bits per heavy atom. The molecule has 2 rings (SSSR count). The summed E-state index contributed by atoms with van der Waals surface area (Å²) in [5.74, 6) is -2.29. The van der Waals surface area contributed by atoms with Crippen molar-refractivity contribution in [3.05, 3.63) is 0 Å². The average Bonchev–Trinajstić information content (AvgIpc) is 3.03. The third kappa shape index (κ3) is 4.93. The molecule has 0 radical (unpaired) electrons. The van der Waals surface area contributed by atoms with Crippen molar-refractivity contribution < 1.29 is 28.6 Å². The van der Waals surface area contributed by atoms with Gasteiger partial charge in [-0.3, -0.25) is 14.5 Å². The second-order valence-corrected chi connectivity index (χ2v) is 9.62. The van der Waals surface area contributed by atoms with Gasteiger partial charge in [0, 0.05) is 11.6 Å². The van der Waals surface area contributed by atoms with Gasteiger partial charge in [0.2, 0.25) is 0 Å². The molecule has 2 fully saturated rings. The van der Waals surface area contributed by atoms with Gasteiger partial charge in [0.05, 0.1) is 7.11 Å². The predicted octanol–water partition coefficient (Wildman–Crippen LogP) is 3.44. The number of hydrogen-bond donors (Lipinski definition) is 0. The molecule has 1 amide bonds. The van der Waals surface area contributed by atoms with Crippen LogP contribution >= 0.6 is 0 Å². The first-order chi connectivity index (χ1) is 12.3. The largest absolute Gasteiger partial charge is 0.468 e. The number of methoxy groups -OCH3 is 1. The summed E-state index contributed by atoms with van der Waals surface area (Å²) in [5, 5.41) is 0. The molecular weight excluding hydrogens is 350 g/mol. The van der Waals surface area contributed by atoms with Crippen LogP contribution in [0.2, 0.25) is 0 Å². The van der Waals surface area contributed by atoms with E-state index in [0.29, 0.717) is 0 Å². The molecule has 1 atom stereocenters. The molecule has 0 aromatic heterocycles. The van der Waals surface area contributed by atoms with Crippen LogP contribution in [-0.4, -0.2) is 52.8 Å². The minimum absolute atomic E-state index is 0.0942. The maximum absolute atomic E-state index is 12.8. The van der Waals surface area contributed by atoms with Crippen LogP contribution in [0.3, 0.4) is 0 Å². The molecule has 1 unspecified atom stereocenters. The van der Waals surface area contributed by atoms with Crippen LogP contribution in [0.25, 0.3) is 0 Å². The van der Waals surface area contributed by atoms with Crippen molar-refractivity contribution in [2.75, 3.05) is 7.11 Å². The Balaban J connectivity index is 2.25. The lowest BCUT2D eigenvalue weighted by atomic mass is 9.80. The Morgan fingerprint density at radius 2 is 1.48 bits per heavy atom. The SMILES string of the molecule is COC(=O)C(CC12CCC(CC1)N2C(=O)OC(C)(C)C)C(=O)OC(C)(C)C. The molecule has 0 N–H and O–H groups in total. The van der Waals surface area contributed by atoms with E-state index in [1.165, 1.54) is 7.11 Å². The molecule has 2 aliphatic heterocycles. The third-order valence-corrected chi connectivity index (χ3v) is 5.11. The van der Waals surface area contributed by atoms with Crippen molar-refractivity contribution in [3.8, 4) is 0 Å². The molecule has 7 nitrogen and oxygen atoms in total. The summed E-state index contributed by atoms with van der Waals surface area (Å²) in [6, 6.07) is 0.0942. The van der Waals surface area contributed by atoms with Crippen LogP contribution in [0, 0.1) is 5.92 Å². The van der Waals surface area contributed by atoms with Gasteiger partial charge in [-0.15, -0.1) is 0 Å². The van der Waals surface area contributed by atoms with Crippen LogP contribution < -0.4 is 0 Å². The summed E-state index contributed by atoms with van der Waals surface area (Å²) < 4.78 is 15.9. The zero-order chi connectivity index (χ0) is 20.6. The number of esters is 2. The number of ether oxygens (including phenoxy) is 3. The average molecular weight is 383 g/mol. The summed E-state index contributed by atoms with van der Waals surface area (Å²) in [5.41, 5.74) is -1.88. The van der Waals surface area contributed by atoms with Gasteiger partial charge < -0.3 is 14.2 Å². The Kier molecular flexibility index (Phi) is 5.83. The number of fused-ring (bicyclic) bond motifs is 2. The van der Waals surface area contributed by atoms with E-state index in [1.807, 2.05) is 20.8 Å². The van der Waals surface area contributed by atoms with E-state index in [0.717, 1.165) is 25.7 Å². The van der Waals surface area contributed by atoms with E-state index < -0.39 is 34.6 Å². The highest BCUT2D eigenvalue weighted by atomic mass is 16.6. The second kappa shape index (κ2) is 7.32. The second-order valence-electron chi connectivity index (χ2n) is 9.62. The summed E-state index contributed by atoms with van der Waals surface area (Å²) in [6.45, 7) is 10.7. The summed E-state index contributed by atoms with van der Waals surface area (Å²) in [7, 11) is 1.26. The first-order valence-electron chi connectivity index (χ1n) is 9.61. The molecule has 2 saturated heterocycles. The van der Waals surface area contributed by atoms with E-state index in [4.69, 9.17) is 14.2 Å². The molecule has 7 heteroatoms. The van der Waals surface area contributed by atoms with Crippen LogP contribution in [0.1, 0.15) is 73.6 Å². The quantitative estimate of drug-likeness (QED) is 0.420. The van der Waals surface area contributed by atoms with Crippen LogP contribution in [0.15, 0.2) is 0 Å². The normalized spacial score (nSPS) is 25.9. The Bertz CT molecular complexity index is 593. The molecule has 154 valence electrons. The topological polar surface area (TPSA) is 82.1 Å². The minimum Gasteiger partial charge on any atom is -0.468 e. The Hall–Kier alpha value is -1.79. The maximum Gasteiger partial charge on any atom is 0.411 e. The van der Waals surface area contributed by atoms with Gasteiger partial charge in [0.1, 0.15) is 11.2 Å². The molecule has 2 bridgehead atoms. The highest BCUT2D eigenvalue weighted by Crippen LogP contribution is 2.50. The fourth-order valence-electron chi connectivity index (χ4n) is 4.14. The van der Waals surface area contributed by atoms with Gasteiger partial charge in [-0.2, -0.15) is 0 Å². The molecule has 0 aromatic rings. The third-order valence-electron chi connectivity index (χ3n) is 5.11. The van der Waals surface area contributed by atoms with Crippen LogP contribution in [-0.2, 0) is 23.8 Å². The van der Waals surface area contributed by atoms with Crippen molar-refractivity contribution in [1.29, 1.82) is 0 Å². The number of amides is 1. The van der Waals surface area contributed by atoms with Crippen molar-refractivity contribution in [3.63, 3.8) is 0 Å². The molecule has 0 aromatic carbocycles. The van der Waals surface area contributed by atoms with Gasteiger partial charge in [0.15, 0.2) is 5.92 Å². The van der Waals surface area contributed by atoms with E-state index in [-0.39, 0.29) is 18.6 Å². The number of nitrogens with zero attached hydrogens (tertiary/aromatic N) is 1. The van der Waals surface area contributed by atoms with Gasteiger partial charge in [0.25, 0.3) is 0 Å². The molecule has 2 aliphatic rings. The van der Waals surface area contributed by atoms with E-state index in [1.54, 1.807) is 25.7 Å². The number of carbonyl (C=O) groups excluding carboxylic acids is 3. The van der Waals surface area contributed by atoms with E-state index >= 15 is 0 Å². The predicted molar refractivity (Wildman–Crippen MR) is 99.0 cm³/mol. The molecule has 0 saturated carbocycles. The summed E-state index contributed by atoms with van der Waals surface area (Å²) in [6.07, 6.45) is 3.00. The standard InChI is InChI=1S/C20H33NO6/c1-18(2,3)26-16(23)14(15(22)25-7)12-20-10-8-13(9-11-20)21(20)17(24)27-19(4,5)6/h13-14H,8-12H2,1-7H3. The Morgan fingerprint density at radius 3 is 1.93 bits per heavy atom. The van der Waals surface area contributed by atoms with Gasteiger partial charge in [-0.1, -0.05) is 0 Å². The Labute approximate surface area is 161 Å². The lowest BCUT2D eigenvalue weighted by Gasteiger charge is -2.37. The van der Waals surface area contributed by atoms with Crippen molar-refractivity contribution in [2.45, 2.75) is 96.4 Å². The first-order valence-corrected chi connectivity index (χ1v) is 9.61. The summed E-state index contributed by atoms with van der Waals surface area (Å²) in [4.78, 5) is 39.6. The van der Waals surface area contributed by atoms with E-state index in [9.17, 15) is 14.4 Å². The number of rotatable bonds is 4. The highest BCUT2D eigenvalue weighted by molar-refractivity contribution is 5.95. The minimum atomic E-state index is -1.06. The molecule has 0 aliphatic carbocycles. The monoisotopic (exact) mass is 383 g/mol.